The first-order valence-corrected chi connectivity index (χ1v) is 7.85. The van der Waals surface area contributed by atoms with E-state index >= 15 is 0 Å². The standard InChI is InChI=1S/C14H27N3S/c1-5-7-15-8-6-13-11-17(12-16-13)9-10-18-14(2,3)4/h11-12,15H,5-10H2,1-4H3. The quantitative estimate of drug-likeness (QED) is 0.736. The van der Waals surface area contributed by atoms with E-state index in [0.29, 0.717) is 4.75 Å². The van der Waals surface area contributed by atoms with Gasteiger partial charge in [-0.3, -0.25) is 0 Å². The van der Waals surface area contributed by atoms with Crippen molar-refractivity contribution in [2.75, 3.05) is 18.8 Å². The van der Waals surface area contributed by atoms with Gasteiger partial charge in [0, 0.05) is 36.2 Å². The molecule has 0 radical (unpaired) electrons. The summed E-state index contributed by atoms with van der Waals surface area (Å²) in [5.41, 5.74) is 1.19. The first-order chi connectivity index (χ1) is 8.51. The molecule has 0 aliphatic carbocycles. The van der Waals surface area contributed by atoms with Gasteiger partial charge in [-0.05, 0) is 13.0 Å². The van der Waals surface area contributed by atoms with Crippen LogP contribution in [-0.4, -0.2) is 33.1 Å². The van der Waals surface area contributed by atoms with Gasteiger partial charge in [0.05, 0.1) is 12.0 Å². The average molecular weight is 269 g/mol. The fraction of sp³-hybridized carbons (Fsp3) is 0.786. The lowest BCUT2D eigenvalue weighted by atomic mass is 10.3. The van der Waals surface area contributed by atoms with Crippen molar-refractivity contribution >= 4 is 11.8 Å². The number of nitrogens with zero attached hydrogens (tertiary/aromatic N) is 2. The van der Waals surface area contributed by atoms with E-state index in [0.717, 1.165) is 31.8 Å². The van der Waals surface area contributed by atoms with Gasteiger partial charge in [0.2, 0.25) is 0 Å². The van der Waals surface area contributed by atoms with Crippen molar-refractivity contribution in [2.45, 2.75) is 51.8 Å². The summed E-state index contributed by atoms with van der Waals surface area (Å²) in [5, 5.41) is 3.40. The smallest absolute Gasteiger partial charge is 0.0949 e. The molecule has 3 nitrogen and oxygen atoms in total. The zero-order valence-electron chi connectivity index (χ0n) is 12.2. The van der Waals surface area contributed by atoms with Crippen LogP contribution in [0, 0.1) is 0 Å². The Morgan fingerprint density at radius 3 is 2.78 bits per heavy atom. The third-order valence-corrected chi connectivity index (χ3v) is 3.81. The lowest BCUT2D eigenvalue weighted by Gasteiger charge is -2.17. The fourth-order valence-corrected chi connectivity index (χ4v) is 2.55. The molecule has 0 aromatic carbocycles. The minimum atomic E-state index is 0.355. The topological polar surface area (TPSA) is 29.9 Å². The predicted molar refractivity (Wildman–Crippen MR) is 81.3 cm³/mol. The summed E-state index contributed by atoms with van der Waals surface area (Å²) in [6.45, 7) is 12.2. The Kier molecular flexibility index (Phi) is 6.79. The molecule has 0 bridgehead atoms. The maximum absolute atomic E-state index is 4.44. The fourth-order valence-electron chi connectivity index (χ4n) is 1.63. The molecule has 18 heavy (non-hydrogen) atoms. The molecular formula is C14H27N3S. The van der Waals surface area contributed by atoms with Gasteiger partial charge in [-0.2, -0.15) is 11.8 Å². The zero-order chi connectivity index (χ0) is 13.4. The first kappa shape index (κ1) is 15.6. The molecule has 0 atom stereocenters. The summed E-state index contributed by atoms with van der Waals surface area (Å²) in [7, 11) is 0. The molecule has 4 heteroatoms. The van der Waals surface area contributed by atoms with Crippen LogP contribution < -0.4 is 5.32 Å². The van der Waals surface area contributed by atoms with E-state index in [4.69, 9.17) is 0 Å². The van der Waals surface area contributed by atoms with Gasteiger partial charge in [0.1, 0.15) is 0 Å². The SMILES string of the molecule is CCCNCCc1cn(CCSC(C)(C)C)cn1. The van der Waals surface area contributed by atoms with Crippen LogP contribution in [0.4, 0.5) is 0 Å². The molecule has 104 valence electrons. The predicted octanol–water partition coefficient (Wildman–Crippen LogP) is 2.96. The summed E-state index contributed by atoms with van der Waals surface area (Å²) < 4.78 is 2.56. The number of thioether (sulfide) groups is 1. The summed E-state index contributed by atoms with van der Waals surface area (Å²) in [6.07, 6.45) is 6.35. The van der Waals surface area contributed by atoms with Gasteiger partial charge in [0.25, 0.3) is 0 Å². The number of nitrogens with one attached hydrogen (secondary N) is 1. The van der Waals surface area contributed by atoms with Crippen LogP contribution in [0.1, 0.15) is 39.8 Å². The van der Waals surface area contributed by atoms with Gasteiger partial charge in [0.15, 0.2) is 0 Å². The van der Waals surface area contributed by atoms with Crippen LogP contribution in [-0.2, 0) is 13.0 Å². The summed E-state index contributed by atoms with van der Waals surface area (Å²) in [5.74, 6) is 1.15. The Morgan fingerprint density at radius 2 is 2.11 bits per heavy atom. The highest BCUT2D eigenvalue weighted by Crippen LogP contribution is 2.22. The van der Waals surface area contributed by atoms with E-state index in [1.807, 2.05) is 18.1 Å². The number of aryl methyl sites for hydroxylation is 1. The highest BCUT2D eigenvalue weighted by Gasteiger charge is 2.09. The van der Waals surface area contributed by atoms with Crippen molar-refractivity contribution < 1.29 is 0 Å². The third-order valence-electron chi connectivity index (χ3n) is 2.56. The van der Waals surface area contributed by atoms with Crippen LogP contribution in [0.15, 0.2) is 12.5 Å². The van der Waals surface area contributed by atoms with E-state index in [1.165, 1.54) is 12.1 Å². The molecule has 1 N–H and O–H groups in total. The van der Waals surface area contributed by atoms with Crippen molar-refractivity contribution in [3.63, 3.8) is 0 Å². The molecule has 0 unspecified atom stereocenters. The normalized spacial score (nSPS) is 12.0. The first-order valence-electron chi connectivity index (χ1n) is 6.86. The molecule has 0 aliphatic rings. The van der Waals surface area contributed by atoms with Crippen molar-refractivity contribution in [3.8, 4) is 0 Å². The van der Waals surface area contributed by atoms with E-state index < -0.39 is 0 Å². The van der Waals surface area contributed by atoms with E-state index in [1.54, 1.807) is 0 Å². The van der Waals surface area contributed by atoms with E-state index in [-0.39, 0.29) is 0 Å². The molecule has 1 rings (SSSR count). The van der Waals surface area contributed by atoms with Crippen molar-refractivity contribution in [3.05, 3.63) is 18.2 Å². The van der Waals surface area contributed by atoms with Crippen LogP contribution in [0.25, 0.3) is 0 Å². The third kappa shape index (κ3) is 7.07. The van der Waals surface area contributed by atoms with Crippen LogP contribution in [0.2, 0.25) is 0 Å². The molecule has 0 fully saturated rings. The molecule has 1 aromatic rings. The van der Waals surface area contributed by atoms with E-state index in [9.17, 15) is 0 Å². The Hall–Kier alpha value is -0.480. The Labute approximate surface area is 116 Å². The van der Waals surface area contributed by atoms with Crippen LogP contribution in [0.5, 0.6) is 0 Å². The lowest BCUT2D eigenvalue weighted by molar-refractivity contribution is 0.666. The Bertz CT molecular complexity index is 328. The molecule has 0 amide bonds. The maximum atomic E-state index is 4.44. The number of imidazole rings is 1. The van der Waals surface area contributed by atoms with Gasteiger partial charge in [-0.25, -0.2) is 4.98 Å². The molecule has 1 heterocycles. The number of hydrogen-bond acceptors (Lipinski definition) is 3. The second kappa shape index (κ2) is 7.85. The Balaban J connectivity index is 2.21. The van der Waals surface area contributed by atoms with E-state index in [2.05, 4.69) is 48.8 Å². The Morgan fingerprint density at radius 1 is 1.33 bits per heavy atom. The maximum Gasteiger partial charge on any atom is 0.0949 e. The lowest BCUT2D eigenvalue weighted by Crippen LogP contribution is -2.17. The monoisotopic (exact) mass is 269 g/mol. The second-order valence-corrected chi connectivity index (χ2v) is 7.49. The minimum absolute atomic E-state index is 0.355. The number of aromatic nitrogens is 2. The number of hydrogen-bond donors (Lipinski definition) is 1. The molecule has 1 aromatic heterocycles. The highest BCUT2D eigenvalue weighted by atomic mass is 32.2. The van der Waals surface area contributed by atoms with Crippen molar-refractivity contribution in [2.24, 2.45) is 0 Å². The minimum Gasteiger partial charge on any atom is -0.336 e. The highest BCUT2D eigenvalue weighted by molar-refractivity contribution is 8.00. The largest absolute Gasteiger partial charge is 0.336 e. The zero-order valence-corrected chi connectivity index (χ0v) is 13.0. The molecular weight excluding hydrogens is 242 g/mol. The van der Waals surface area contributed by atoms with Crippen molar-refractivity contribution in [1.29, 1.82) is 0 Å². The molecule has 0 saturated heterocycles. The van der Waals surface area contributed by atoms with Gasteiger partial charge >= 0.3 is 0 Å². The molecule has 0 spiro atoms. The molecule has 0 aliphatic heterocycles. The van der Waals surface area contributed by atoms with Crippen LogP contribution in [0.3, 0.4) is 0 Å². The molecule has 0 saturated carbocycles. The van der Waals surface area contributed by atoms with Gasteiger partial charge in [-0.15, -0.1) is 0 Å². The summed E-state index contributed by atoms with van der Waals surface area (Å²) in [4.78, 5) is 4.44. The van der Waals surface area contributed by atoms with Crippen LogP contribution >= 0.6 is 11.8 Å². The second-order valence-electron chi connectivity index (χ2n) is 5.56. The van der Waals surface area contributed by atoms with Gasteiger partial charge < -0.3 is 9.88 Å². The summed E-state index contributed by atoms with van der Waals surface area (Å²) in [6, 6.07) is 0. The number of rotatable bonds is 8. The average Bonchev–Trinajstić information content (AvgIpc) is 2.71. The van der Waals surface area contributed by atoms with Gasteiger partial charge in [-0.1, -0.05) is 27.7 Å². The van der Waals surface area contributed by atoms with Crippen molar-refractivity contribution in [1.82, 2.24) is 14.9 Å². The summed E-state index contributed by atoms with van der Waals surface area (Å²) >= 11 is 2.00.